The number of carbonyl (C=O) groups is 1. The summed E-state index contributed by atoms with van der Waals surface area (Å²) in [5, 5.41) is 8.73. The maximum Gasteiger partial charge on any atom is 0.337 e. The predicted molar refractivity (Wildman–Crippen MR) is 51.5 cm³/mol. The van der Waals surface area contributed by atoms with Crippen molar-refractivity contribution in [3.05, 3.63) is 23.8 Å². The number of anilines is 1. The fourth-order valence-electron chi connectivity index (χ4n) is 1.19. The lowest BCUT2D eigenvalue weighted by Crippen LogP contribution is -2.03. The monoisotopic (exact) mass is 193 g/mol. The quantitative estimate of drug-likeness (QED) is 0.713. The zero-order valence-electron chi connectivity index (χ0n) is 7.56. The van der Waals surface area contributed by atoms with Crippen molar-refractivity contribution in [2.24, 2.45) is 0 Å². The molecule has 0 heterocycles. The molecule has 3 N–H and O–H groups in total. The molecule has 2 rings (SSSR count). The molecular formula is C10H11NO3. The molecule has 0 aromatic heterocycles. The number of aromatic carboxylic acids is 1. The van der Waals surface area contributed by atoms with Crippen LogP contribution >= 0.6 is 0 Å². The molecule has 4 heteroatoms. The van der Waals surface area contributed by atoms with E-state index in [9.17, 15) is 4.79 Å². The standard InChI is InChI=1S/C10H11NO3/c11-9-5-7(14-6-1-2-6)3-4-8(9)10(12)13/h3-6H,1-2,11H2,(H,12,13). The number of hydrogen-bond acceptors (Lipinski definition) is 3. The van der Waals surface area contributed by atoms with E-state index in [1.165, 1.54) is 6.07 Å². The minimum Gasteiger partial charge on any atom is -0.490 e. The number of hydrogen-bond donors (Lipinski definition) is 2. The molecule has 4 nitrogen and oxygen atoms in total. The summed E-state index contributed by atoms with van der Waals surface area (Å²) < 4.78 is 5.47. The smallest absolute Gasteiger partial charge is 0.337 e. The second-order valence-electron chi connectivity index (χ2n) is 3.37. The molecule has 0 aliphatic heterocycles. The number of benzene rings is 1. The molecule has 0 amide bonds. The van der Waals surface area contributed by atoms with E-state index in [2.05, 4.69) is 0 Å². The fraction of sp³-hybridized carbons (Fsp3) is 0.300. The van der Waals surface area contributed by atoms with Crippen molar-refractivity contribution >= 4 is 11.7 Å². The topological polar surface area (TPSA) is 72.5 Å². The van der Waals surface area contributed by atoms with Crippen molar-refractivity contribution in [1.82, 2.24) is 0 Å². The molecule has 0 unspecified atom stereocenters. The minimum atomic E-state index is -1.01. The van der Waals surface area contributed by atoms with Gasteiger partial charge in [0.1, 0.15) is 5.75 Å². The van der Waals surface area contributed by atoms with E-state index in [1.54, 1.807) is 12.1 Å². The molecule has 0 atom stereocenters. The van der Waals surface area contributed by atoms with Gasteiger partial charge >= 0.3 is 5.97 Å². The molecule has 1 fully saturated rings. The second kappa shape index (κ2) is 3.21. The molecule has 14 heavy (non-hydrogen) atoms. The second-order valence-corrected chi connectivity index (χ2v) is 3.37. The van der Waals surface area contributed by atoms with Crippen LogP contribution in [0.15, 0.2) is 18.2 Å². The Bertz CT molecular complexity index is 372. The van der Waals surface area contributed by atoms with Crippen LogP contribution in [0.4, 0.5) is 5.69 Å². The third-order valence-corrected chi connectivity index (χ3v) is 2.08. The summed E-state index contributed by atoms with van der Waals surface area (Å²) in [4.78, 5) is 10.6. The highest BCUT2D eigenvalue weighted by Gasteiger charge is 2.23. The van der Waals surface area contributed by atoms with E-state index in [1.807, 2.05) is 0 Å². The van der Waals surface area contributed by atoms with Gasteiger partial charge in [-0.15, -0.1) is 0 Å². The largest absolute Gasteiger partial charge is 0.490 e. The van der Waals surface area contributed by atoms with E-state index >= 15 is 0 Å². The Morgan fingerprint density at radius 2 is 2.21 bits per heavy atom. The lowest BCUT2D eigenvalue weighted by molar-refractivity contribution is 0.0698. The van der Waals surface area contributed by atoms with Crippen LogP contribution in [0.5, 0.6) is 5.75 Å². The molecule has 0 saturated heterocycles. The first kappa shape index (κ1) is 8.87. The van der Waals surface area contributed by atoms with Gasteiger partial charge in [-0.25, -0.2) is 4.79 Å². The molecule has 1 aliphatic rings. The average molecular weight is 193 g/mol. The molecule has 0 radical (unpaired) electrons. The molecular weight excluding hydrogens is 182 g/mol. The molecule has 0 bridgehead atoms. The van der Waals surface area contributed by atoms with Crippen molar-refractivity contribution in [1.29, 1.82) is 0 Å². The highest BCUT2D eigenvalue weighted by molar-refractivity contribution is 5.93. The van der Waals surface area contributed by atoms with Crippen molar-refractivity contribution in [3.8, 4) is 5.75 Å². The Hall–Kier alpha value is -1.71. The molecule has 1 aliphatic carbocycles. The van der Waals surface area contributed by atoms with Gasteiger partial charge in [0.15, 0.2) is 0 Å². The van der Waals surface area contributed by atoms with E-state index < -0.39 is 5.97 Å². The maximum atomic E-state index is 10.6. The van der Waals surface area contributed by atoms with Gasteiger partial charge in [-0.1, -0.05) is 0 Å². The summed E-state index contributed by atoms with van der Waals surface area (Å²) in [7, 11) is 0. The summed E-state index contributed by atoms with van der Waals surface area (Å²) in [6.45, 7) is 0. The molecule has 1 aromatic rings. The van der Waals surface area contributed by atoms with E-state index in [-0.39, 0.29) is 11.3 Å². The Balaban J connectivity index is 2.20. The predicted octanol–water partition coefficient (Wildman–Crippen LogP) is 1.51. The number of carboxylic acids is 1. The number of ether oxygens (including phenoxy) is 1. The van der Waals surface area contributed by atoms with Gasteiger partial charge in [0.25, 0.3) is 0 Å². The molecule has 1 saturated carbocycles. The third kappa shape index (κ3) is 1.79. The normalized spacial score (nSPS) is 15.1. The summed E-state index contributed by atoms with van der Waals surface area (Å²) in [6, 6.07) is 4.66. The average Bonchev–Trinajstić information content (AvgIpc) is 2.87. The first-order valence-electron chi connectivity index (χ1n) is 4.46. The summed E-state index contributed by atoms with van der Waals surface area (Å²) in [6.07, 6.45) is 2.44. The number of nitrogens with two attached hydrogens (primary N) is 1. The van der Waals surface area contributed by atoms with Crippen LogP contribution in [0.3, 0.4) is 0 Å². The van der Waals surface area contributed by atoms with Crippen LogP contribution < -0.4 is 10.5 Å². The van der Waals surface area contributed by atoms with Gasteiger partial charge < -0.3 is 15.6 Å². The Labute approximate surface area is 81.3 Å². The molecule has 1 aromatic carbocycles. The first-order valence-corrected chi connectivity index (χ1v) is 4.46. The SMILES string of the molecule is Nc1cc(OC2CC2)ccc1C(=O)O. The highest BCUT2D eigenvalue weighted by Crippen LogP contribution is 2.28. The van der Waals surface area contributed by atoms with Crippen LogP contribution in [0.1, 0.15) is 23.2 Å². The van der Waals surface area contributed by atoms with E-state index in [0.29, 0.717) is 11.9 Å². The summed E-state index contributed by atoms with van der Waals surface area (Å²) in [5.74, 6) is -0.365. The fourth-order valence-corrected chi connectivity index (χ4v) is 1.19. The Kier molecular flexibility index (Phi) is 2.04. The van der Waals surface area contributed by atoms with Gasteiger partial charge in [-0.3, -0.25) is 0 Å². The lowest BCUT2D eigenvalue weighted by atomic mass is 10.2. The highest BCUT2D eigenvalue weighted by atomic mass is 16.5. The van der Waals surface area contributed by atoms with E-state index in [0.717, 1.165) is 12.8 Å². The van der Waals surface area contributed by atoms with Crippen LogP contribution in [-0.4, -0.2) is 17.2 Å². The number of rotatable bonds is 3. The van der Waals surface area contributed by atoms with Crippen molar-refractivity contribution in [2.75, 3.05) is 5.73 Å². The van der Waals surface area contributed by atoms with Crippen LogP contribution in [0.25, 0.3) is 0 Å². The zero-order valence-corrected chi connectivity index (χ0v) is 7.56. The maximum absolute atomic E-state index is 10.6. The third-order valence-electron chi connectivity index (χ3n) is 2.08. The van der Waals surface area contributed by atoms with Crippen molar-refractivity contribution < 1.29 is 14.6 Å². The Morgan fingerprint density at radius 1 is 1.50 bits per heavy atom. The minimum absolute atomic E-state index is 0.119. The number of carboxylic acid groups (broad SMARTS) is 1. The van der Waals surface area contributed by atoms with Crippen LogP contribution in [0.2, 0.25) is 0 Å². The summed E-state index contributed by atoms with van der Waals surface area (Å²) in [5.41, 5.74) is 5.92. The van der Waals surface area contributed by atoms with Gasteiger partial charge in [0.05, 0.1) is 11.7 Å². The van der Waals surface area contributed by atoms with Crippen LogP contribution in [0, 0.1) is 0 Å². The van der Waals surface area contributed by atoms with Gasteiger partial charge in [0, 0.05) is 11.8 Å². The summed E-state index contributed by atoms with van der Waals surface area (Å²) >= 11 is 0. The van der Waals surface area contributed by atoms with Gasteiger partial charge in [-0.2, -0.15) is 0 Å². The van der Waals surface area contributed by atoms with Gasteiger partial charge in [-0.05, 0) is 25.0 Å². The van der Waals surface area contributed by atoms with Crippen molar-refractivity contribution in [2.45, 2.75) is 18.9 Å². The molecule has 0 spiro atoms. The number of nitrogen functional groups attached to an aromatic ring is 1. The lowest BCUT2D eigenvalue weighted by Gasteiger charge is -2.06. The van der Waals surface area contributed by atoms with Gasteiger partial charge in [0.2, 0.25) is 0 Å². The zero-order chi connectivity index (χ0) is 10.1. The van der Waals surface area contributed by atoms with Crippen LogP contribution in [-0.2, 0) is 0 Å². The molecule has 74 valence electrons. The Morgan fingerprint density at radius 3 is 2.71 bits per heavy atom. The first-order chi connectivity index (χ1) is 6.66. The van der Waals surface area contributed by atoms with Crippen molar-refractivity contribution in [3.63, 3.8) is 0 Å². The van der Waals surface area contributed by atoms with E-state index in [4.69, 9.17) is 15.6 Å².